The van der Waals surface area contributed by atoms with E-state index in [2.05, 4.69) is 5.32 Å². The predicted octanol–water partition coefficient (Wildman–Crippen LogP) is 2.96. The van der Waals surface area contributed by atoms with E-state index in [1.807, 2.05) is 24.3 Å². The maximum Gasteiger partial charge on any atom is 0.322 e. The second kappa shape index (κ2) is 8.52. The van der Waals surface area contributed by atoms with Crippen molar-refractivity contribution in [2.24, 2.45) is 5.92 Å². The highest BCUT2D eigenvalue weighted by Crippen LogP contribution is 2.48. The second-order valence-electron chi connectivity index (χ2n) is 8.55. The highest BCUT2D eigenvalue weighted by atomic mass is 19.1. The van der Waals surface area contributed by atoms with Crippen LogP contribution in [0.3, 0.4) is 0 Å². The number of ether oxygens (including phenoxy) is 1. The van der Waals surface area contributed by atoms with Gasteiger partial charge in [-0.25, -0.2) is 9.18 Å². The molecule has 0 bridgehead atoms. The van der Waals surface area contributed by atoms with Gasteiger partial charge in [-0.3, -0.25) is 4.79 Å². The number of aliphatic hydroxyl groups excluding tert-OH is 1. The molecule has 3 atom stereocenters. The van der Waals surface area contributed by atoms with Gasteiger partial charge in [-0.05, 0) is 36.6 Å². The minimum absolute atomic E-state index is 0.0427. The zero-order valence-electron chi connectivity index (χ0n) is 17.6. The molecule has 7 nitrogen and oxygen atoms in total. The average Bonchev–Trinajstić information content (AvgIpc) is 2.81. The quantitative estimate of drug-likeness (QED) is 0.771. The van der Waals surface area contributed by atoms with Crippen LogP contribution in [0.25, 0.3) is 0 Å². The molecule has 2 aromatic rings. The molecule has 3 aliphatic rings. The summed E-state index contributed by atoms with van der Waals surface area (Å²) in [6.45, 7) is 1.27. The van der Waals surface area contributed by atoms with Crippen molar-refractivity contribution in [2.75, 3.05) is 36.6 Å². The molecular weight excluding hydrogens is 413 g/mol. The van der Waals surface area contributed by atoms with Crippen LogP contribution in [0.5, 0.6) is 0 Å². The fraction of sp³-hybridized carbons (Fsp3) is 0.417. The van der Waals surface area contributed by atoms with Crippen molar-refractivity contribution in [3.8, 4) is 0 Å². The van der Waals surface area contributed by atoms with Crippen molar-refractivity contribution in [1.29, 1.82) is 0 Å². The third-order valence-electron chi connectivity index (χ3n) is 6.87. The molecule has 0 aromatic heterocycles. The normalized spacial score (nSPS) is 24.9. The summed E-state index contributed by atoms with van der Waals surface area (Å²) in [7, 11) is 0. The summed E-state index contributed by atoms with van der Waals surface area (Å²) in [5.74, 6) is -0.672. The molecule has 0 unspecified atom stereocenters. The molecule has 0 aliphatic carbocycles. The monoisotopic (exact) mass is 439 g/mol. The largest absolute Gasteiger partial charge is 0.394 e. The van der Waals surface area contributed by atoms with Crippen molar-refractivity contribution in [2.45, 2.75) is 30.8 Å². The molecule has 0 saturated carbocycles. The van der Waals surface area contributed by atoms with E-state index in [1.165, 1.54) is 12.1 Å². The molecule has 3 amide bonds. The molecule has 2 N–H and O–H groups in total. The molecule has 2 aromatic carbocycles. The Morgan fingerprint density at radius 2 is 1.81 bits per heavy atom. The van der Waals surface area contributed by atoms with Crippen LogP contribution in [0.15, 0.2) is 48.5 Å². The number of fused-ring (bicyclic) bond motifs is 3. The number of carbonyl (C=O) groups excluding carboxylic acids is 2. The van der Waals surface area contributed by atoms with Gasteiger partial charge in [-0.2, -0.15) is 0 Å². The number of nitrogens with zero attached hydrogens (tertiary/aromatic N) is 2. The van der Waals surface area contributed by atoms with Crippen LogP contribution in [-0.2, 0) is 9.53 Å². The van der Waals surface area contributed by atoms with Gasteiger partial charge >= 0.3 is 6.03 Å². The van der Waals surface area contributed by atoms with Gasteiger partial charge in [0.15, 0.2) is 0 Å². The first-order valence-corrected chi connectivity index (χ1v) is 11.0. The van der Waals surface area contributed by atoms with E-state index in [0.29, 0.717) is 32.6 Å². The minimum atomic E-state index is -0.524. The summed E-state index contributed by atoms with van der Waals surface area (Å²) in [6, 6.07) is 12.5. The molecule has 5 rings (SSSR count). The maximum absolute atomic E-state index is 14.1. The van der Waals surface area contributed by atoms with Gasteiger partial charge in [-0.15, -0.1) is 0 Å². The predicted molar refractivity (Wildman–Crippen MR) is 117 cm³/mol. The first kappa shape index (κ1) is 20.9. The van der Waals surface area contributed by atoms with Crippen LogP contribution in [0.1, 0.15) is 24.3 Å². The van der Waals surface area contributed by atoms with E-state index in [1.54, 1.807) is 21.9 Å². The van der Waals surface area contributed by atoms with Crippen LogP contribution in [-0.4, -0.2) is 60.4 Å². The lowest BCUT2D eigenvalue weighted by Gasteiger charge is -2.58. The SMILES string of the molecule is O=C(C1CCOCC1)N1C[C@H]2[C@H](c3ccccc31)[C@H](CO)N2C(=O)Nc1ccccc1F. The lowest BCUT2D eigenvalue weighted by Crippen LogP contribution is -2.71. The van der Waals surface area contributed by atoms with Crippen LogP contribution in [0.2, 0.25) is 0 Å². The van der Waals surface area contributed by atoms with Gasteiger partial charge in [-0.1, -0.05) is 30.3 Å². The van der Waals surface area contributed by atoms with Crippen LogP contribution >= 0.6 is 0 Å². The minimum Gasteiger partial charge on any atom is -0.394 e. The number of hydrogen-bond donors (Lipinski definition) is 2. The summed E-state index contributed by atoms with van der Waals surface area (Å²) in [5, 5.41) is 12.7. The van der Waals surface area contributed by atoms with Gasteiger partial charge < -0.3 is 25.0 Å². The molecule has 0 spiro atoms. The smallest absolute Gasteiger partial charge is 0.322 e. The number of aliphatic hydroxyl groups is 1. The van der Waals surface area contributed by atoms with E-state index in [0.717, 1.165) is 11.3 Å². The van der Waals surface area contributed by atoms with Gasteiger partial charge in [0, 0.05) is 37.3 Å². The molecular formula is C24H26FN3O4. The second-order valence-corrected chi connectivity index (χ2v) is 8.55. The van der Waals surface area contributed by atoms with Gasteiger partial charge in [0.25, 0.3) is 0 Å². The van der Waals surface area contributed by atoms with Crippen LogP contribution < -0.4 is 10.2 Å². The Bertz CT molecular complexity index is 1030. The summed E-state index contributed by atoms with van der Waals surface area (Å²) >= 11 is 0. The number of urea groups is 1. The molecule has 2 fully saturated rings. The lowest BCUT2D eigenvalue weighted by molar-refractivity contribution is -0.126. The Morgan fingerprint density at radius 3 is 2.56 bits per heavy atom. The van der Waals surface area contributed by atoms with Gasteiger partial charge in [0.1, 0.15) is 5.82 Å². The first-order valence-electron chi connectivity index (χ1n) is 11.0. The number of benzene rings is 2. The number of halogens is 1. The topological polar surface area (TPSA) is 82.1 Å². The number of carbonyl (C=O) groups is 2. The number of rotatable bonds is 3. The van der Waals surface area contributed by atoms with Crippen molar-refractivity contribution in [3.05, 3.63) is 59.9 Å². The van der Waals surface area contributed by atoms with Gasteiger partial charge in [0.2, 0.25) is 5.91 Å². The highest BCUT2D eigenvalue weighted by Gasteiger charge is 2.55. The number of nitrogens with one attached hydrogen (secondary N) is 1. The summed E-state index contributed by atoms with van der Waals surface area (Å²) in [5.41, 5.74) is 1.89. The summed E-state index contributed by atoms with van der Waals surface area (Å²) < 4.78 is 19.5. The lowest BCUT2D eigenvalue weighted by atomic mass is 9.72. The third-order valence-corrected chi connectivity index (χ3v) is 6.87. The zero-order chi connectivity index (χ0) is 22.2. The Morgan fingerprint density at radius 1 is 1.09 bits per heavy atom. The number of para-hydroxylation sites is 2. The molecule has 168 valence electrons. The number of amides is 3. The van der Waals surface area contributed by atoms with Crippen molar-refractivity contribution >= 4 is 23.3 Å². The molecule has 32 heavy (non-hydrogen) atoms. The maximum atomic E-state index is 14.1. The fourth-order valence-corrected chi connectivity index (χ4v) is 5.28. The van der Waals surface area contributed by atoms with E-state index in [-0.39, 0.29) is 36.1 Å². The number of anilines is 2. The Balaban J connectivity index is 1.43. The van der Waals surface area contributed by atoms with E-state index < -0.39 is 17.9 Å². The molecule has 3 aliphatic heterocycles. The summed E-state index contributed by atoms with van der Waals surface area (Å²) in [6.07, 6.45) is 1.37. The van der Waals surface area contributed by atoms with Crippen LogP contribution in [0.4, 0.5) is 20.6 Å². The van der Waals surface area contributed by atoms with Crippen molar-refractivity contribution in [1.82, 2.24) is 4.90 Å². The number of hydrogen-bond acceptors (Lipinski definition) is 4. The highest BCUT2D eigenvalue weighted by molar-refractivity contribution is 5.98. The summed E-state index contributed by atoms with van der Waals surface area (Å²) in [4.78, 5) is 29.8. The zero-order valence-corrected chi connectivity index (χ0v) is 17.6. The van der Waals surface area contributed by atoms with Crippen LogP contribution in [0, 0.1) is 11.7 Å². The number of likely N-dealkylation sites (tertiary alicyclic amines) is 1. The average molecular weight is 439 g/mol. The molecule has 8 heteroatoms. The van der Waals surface area contributed by atoms with E-state index >= 15 is 0 Å². The molecule has 0 radical (unpaired) electrons. The molecule has 3 heterocycles. The van der Waals surface area contributed by atoms with E-state index in [9.17, 15) is 19.1 Å². The van der Waals surface area contributed by atoms with Gasteiger partial charge in [0.05, 0.1) is 24.4 Å². The molecule has 2 saturated heterocycles. The fourth-order valence-electron chi connectivity index (χ4n) is 5.28. The van der Waals surface area contributed by atoms with Crippen molar-refractivity contribution < 1.29 is 23.8 Å². The Kier molecular flexibility index (Phi) is 5.57. The standard InChI is InChI=1S/C24H26FN3O4/c25-17-6-2-3-7-18(17)26-24(31)28-20-13-27(23(30)15-9-11-32-12-10-15)19-8-4-1-5-16(19)22(20)21(28)14-29/h1-8,15,20-22,29H,9-14H2,(H,26,31)/t20-,21-,22-/m0/s1. The van der Waals surface area contributed by atoms with E-state index in [4.69, 9.17) is 4.74 Å². The first-order chi connectivity index (χ1) is 15.6. The Labute approximate surface area is 185 Å². The third kappa shape index (κ3) is 3.43. The Hall–Kier alpha value is -2.97. The van der Waals surface area contributed by atoms with Crippen molar-refractivity contribution in [3.63, 3.8) is 0 Å².